The number of methoxy groups -OCH3 is 1. The number of nitrogens with zero attached hydrogens (tertiary/aromatic N) is 1. The number of nitro groups is 1. The van der Waals surface area contributed by atoms with E-state index in [0.717, 1.165) is 23.8 Å². The predicted molar refractivity (Wildman–Crippen MR) is 110 cm³/mol. The SMILES string of the molecule is COc1cc(C(=O)Nc2cc([N+](=O)[O-])ccc2F)ccc1OCc1ccc(Cl)cc1. The van der Waals surface area contributed by atoms with Crippen molar-refractivity contribution in [2.45, 2.75) is 6.61 Å². The van der Waals surface area contributed by atoms with Crippen LogP contribution < -0.4 is 14.8 Å². The van der Waals surface area contributed by atoms with Gasteiger partial charge in [0.2, 0.25) is 0 Å². The molecule has 0 aromatic heterocycles. The largest absolute Gasteiger partial charge is 0.493 e. The van der Waals surface area contributed by atoms with E-state index < -0.39 is 16.6 Å². The Kier molecular flexibility index (Phi) is 6.48. The van der Waals surface area contributed by atoms with Crippen LogP contribution >= 0.6 is 11.6 Å². The van der Waals surface area contributed by atoms with Gasteiger partial charge in [0.05, 0.1) is 17.7 Å². The van der Waals surface area contributed by atoms with Gasteiger partial charge in [-0.15, -0.1) is 0 Å². The van der Waals surface area contributed by atoms with Crippen molar-refractivity contribution in [1.29, 1.82) is 0 Å². The fourth-order valence-corrected chi connectivity index (χ4v) is 2.71. The van der Waals surface area contributed by atoms with Crippen molar-refractivity contribution in [2.24, 2.45) is 0 Å². The molecule has 3 rings (SSSR count). The maximum atomic E-state index is 13.9. The van der Waals surface area contributed by atoms with Crippen LogP contribution in [-0.4, -0.2) is 17.9 Å². The van der Waals surface area contributed by atoms with Gasteiger partial charge in [-0.25, -0.2) is 4.39 Å². The second-order valence-electron chi connectivity index (χ2n) is 6.16. The van der Waals surface area contributed by atoms with Crippen molar-refractivity contribution in [3.05, 3.63) is 92.7 Å². The van der Waals surface area contributed by atoms with Crippen LogP contribution in [-0.2, 0) is 6.61 Å². The lowest BCUT2D eigenvalue weighted by Crippen LogP contribution is -2.13. The van der Waals surface area contributed by atoms with Gasteiger partial charge in [-0.1, -0.05) is 23.7 Å². The van der Waals surface area contributed by atoms with Gasteiger partial charge in [-0.05, 0) is 42.0 Å². The Morgan fingerprint density at radius 3 is 2.50 bits per heavy atom. The van der Waals surface area contributed by atoms with Crippen molar-refractivity contribution < 1.29 is 23.6 Å². The summed E-state index contributed by atoms with van der Waals surface area (Å²) >= 11 is 5.86. The predicted octanol–water partition coefficient (Wildman–Crippen LogP) is 5.23. The van der Waals surface area contributed by atoms with Crippen molar-refractivity contribution in [3.63, 3.8) is 0 Å². The fraction of sp³-hybridized carbons (Fsp3) is 0.0952. The molecule has 0 spiro atoms. The van der Waals surface area contributed by atoms with E-state index >= 15 is 0 Å². The molecule has 0 atom stereocenters. The van der Waals surface area contributed by atoms with Gasteiger partial charge >= 0.3 is 0 Å². The van der Waals surface area contributed by atoms with Gasteiger partial charge in [0.1, 0.15) is 12.4 Å². The molecule has 0 aliphatic heterocycles. The summed E-state index contributed by atoms with van der Waals surface area (Å²) in [6, 6.07) is 14.5. The summed E-state index contributed by atoms with van der Waals surface area (Å²) in [5.74, 6) is -0.734. The smallest absolute Gasteiger partial charge is 0.271 e. The maximum absolute atomic E-state index is 13.9. The molecule has 0 aliphatic rings. The lowest BCUT2D eigenvalue weighted by Gasteiger charge is -2.13. The number of hydrogen-bond acceptors (Lipinski definition) is 5. The van der Waals surface area contributed by atoms with E-state index in [0.29, 0.717) is 16.5 Å². The molecule has 0 bridgehead atoms. The summed E-state index contributed by atoms with van der Waals surface area (Å²) in [6.45, 7) is 0.262. The van der Waals surface area contributed by atoms with E-state index in [9.17, 15) is 19.3 Å². The Balaban J connectivity index is 1.75. The highest BCUT2D eigenvalue weighted by molar-refractivity contribution is 6.30. The first-order chi connectivity index (χ1) is 14.4. The molecule has 0 saturated carbocycles. The van der Waals surface area contributed by atoms with Crippen LogP contribution in [0.2, 0.25) is 5.02 Å². The Labute approximate surface area is 176 Å². The van der Waals surface area contributed by atoms with Gasteiger partial charge in [0.15, 0.2) is 11.5 Å². The summed E-state index contributed by atoms with van der Waals surface area (Å²) in [5.41, 5.74) is 0.424. The average molecular weight is 431 g/mol. The zero-order chi connectivity index (χ0) is 21.7. The molecule has 0 unspecified atom stereocenters. The Morgan fingerprint density at radius 2 is 1.83 bits per heavy atom. The first-order valence-corrected chi connectivity index (χ1v) is 9.05. The standard InChI is InChI=1S/C21H16ClFN2O5/c1-29-20-10-14(4-9-19(20)30-12-13-2-5-15(22)6-3-13)21(26)24-18-11-16(25(27)28)7-8-17(18)23/h2-11H,12H2,1H3,(H,24,26). The normalized spacial score (nSPS) is 10.4. The van der Waals surface area contributed by atoms with Crippen LogP contribution in [0.4, 0.5) is 15.8 Å². The molecule has 0 aliphatic carbocycles. The van der Waals surface area contributed by atoms with E-state index in [4.69, 9.17) is 21.1 Å². The van der Waals surface area contributed by atoms with Crippen molar-refractivity contribution in [1.82, 2.24) is 0 Å². The molecule has 9 heteroatoms. The number of carbonyl (C=O) groups excluding carboxylic acids is 1. The van der Waals surface area contributed by atoms with Crippen LogP contribution in [0, 0.1) is 15.9 Å². The molecular weight excluding hydrogens is 415 g/mol. The summed E-state index contributed by atoms with van der Waals surface area (Å²) in [4.78, 5) is 22.7. The van der Waals surface area contributed by atoms with Crippen LogP contribution in [0.3, 0.4) is 0 Å². The quantitative estimate of drug-likeness (QED) is 0.409. The molecule has 0 heterocycles. The minimum Gasteiger partial charge on any atom is -0.493 e. The van der Waals surface area contributed by atoms with Gasteiger partial charge in [-0.2, -0.15) is 0 Å². The number of rotatable bonds is 7. The number of carbonyl (C=O) groups is 1. The molecular formula is C21H16ClFN2O5. The van der Waals surface area contributed by atoms with E-state index in [1.54, 1.807) is 18.2 Å². The van der Waals surface area contributed by atoms with E-state index in [-0.39, 0.29) is 23.5 Å². The number of non-ortho nitro benzene ring substituents is 1. The Hall–Kier alpha value is -3.65. The zero-order valence-corrected chi connectivity index (χ0v) is 16.5. The van der Waals surface area contributed by atoms with Gasteiger partial charge < -0.3 is 14.8 Å². The summed E-state index contributed by atoms with van der Waals surface area (Å²) in [5, 5.41) is 13.8. The summed E-state index contributed by atoms with van der Waals surface area (Å²) in [6.07, 6.45) is 0. The van der Waals surface area contributed by atoms with Crippen molar-refractivity contribution >= 4 is 28.9 Å². The molecule has 3 aromatic rings. The highest BCUT2D eigenvalue weighted by atomic mass is 35.5. The zero-order valence-electron chi connectivity index (χ0n) is 15.7. The third-order valence-corrected chi connectivity index (χ3v) is 4.39. The number of anilines is 1. The molecule has 1 amide bonds. The second kappa shape index (κ2) is 9.23. The highest BCUT2D eigenvalue weighted by Crippen LogP contribution is 2.30. The topological polar surface area (TPSA) is 90.7 Å². The fourth-order valence-electron chi connectivity index (χ4n) is 2.59. The monoisotopic (exact) mass is 430 g/mol. The number of ether oxygens (including phenoxy) is 2. The van der Waals surface area contributed by atoms with Crippen molar-refractivity contribution in [3.8, 4) is 11.5 Å². The van der Waals surface area contributed by atoms with Crippen LogP contribution in [0.25, 0.3) is 0 Å². The van der Waals surface area contributed by atoms with Crippen LogP contribution in [0.5, 0.6) is 11.5 Å². The molecule has 30 heavy (non-hydrogen) atoms. The minimum atomic E-state index is -0.788. The van der Waals surface area contributed by atoms with Gasteiger partial charge in [0, 0.05) is 22.7 Å². The lowest BCUT2D eigenvalue weighted by atomic mass is 10.1. The highest BCUT2D eigenvalue weighted by Gasteiger charge is 2.16. The third-order valence-electron chi connectivity index (χ3n) is 4.14. The Morgan fingerprint density at radius 1 is 1.10 bits per heavy atom. The first-order valence-electron chi connectivity index (χ1n) is 8.68. The molecule has 0 fully saturated rings. The van der Waals surface area contributed by atoms with Crippen LogP contribution in [0.15, 0.2) is 60.7 Å². The van der Waals surface area contributed by atoms with Gasteiger partial charge in [-0.3, -0.25) is 14.9 Å². The van der Waals surface area contributed by atoms with Gasteiger partial charge in [0.25, 0.3) is 11.6 Å². The first kappa shape index (κ1) is 21.1. The van der Waals surface area contributed by atoms with E-state index in [2.05, 4.69) is 5.32 Å². The summed E-state index contributed by atoms with van der Waals surface area (Å²) in [7, 11) is 1.42. The minimum absolute atomic E-state index is 0.164. The summed E-state index contributed by atoms with van der Waals surface area (Å²) < 4.78 is 24.9. The molecule has 0 radical (unpaired) electrons. The third kappa shape index (κ3) is 5.03. The number of nitrogens with one attached hydrogen (secondary N) is 1. The van der Waals surface area contributed by atoms with E-state index in [1.807, 2.05) is 12.1 Å². The maximum Gasteiger partial charge on any atom is 0.271 e. The van der Waals surface area contributed by atoms with E-state index in [1.165, 1.54) is 19.2 Å². The average Bonchev–Trinajstić information content (AvgIpc) is 2.74. The molecule has 0 saturated heterocycles. The van der Waals surface area contributed by atoms with Crippen LogP contribution in [0.1, 0.15) is 15.9 Å². The second-order valence-corrected chi connectivity index (χ2v) is 6.59. The Bertz CT molecular complexity index is 1090. The number of halogens is 2. The number of amides is 1. The lowest BCUT2D eigenvalue weighted by molar-refractivity contribution is -0.384. The number of benzene rings is 3. The number of hydrogen-bond donors (Lipinski definition) is 1. The molecule has 3 aromatic carbocycles. The molecule has 154 valence electrons. The number of nitro benzene ring substituents is 1. The molecule has 1 N–H and O–H groups in total. The molecule has 7 nitrogen and oxygen atoms in total. The van der Waals surface area contributed by atoms with Crippen molar-refractivity contribution in [2.75, 3.05) is 12.4 Å².